The fraction of sp³-hybridized carbons (Fsp3) is 0.250. The Hall–Kier alpha value is -1.60. The van der Waals surface area contributed by atoms with Crippen molar-refractivity contribution >= 4 is 43.3 Å². The van der Waals surface area contributed by atoms with Crippen LogP contribution < -0.4 is 5.32 Å². The van der Waals surface area contributed by atoms with Crippen molar-refractivity contribution in [1.82, 2.24) is 4.98 Å². The van der Waals surface area contributed by atoms with E-state index in [-0.39, 0.29) is 17.1 Å². The highest BCUT2D eigenvalue weighted by atomic mass is 79.9. The molecule has 0 saturated carbocycles. The molecule has 0 aliphatic rings. The fourth-order valence-corrected chi connectivity index (χ4v) is 3.20. The third kappa shape index (κ3) is 4.23. The molecule has 1 N–H and O–H groups in total. The van der Waals surface area contributed by atoms with Crippen molar-refractivity contribution in [1.29, 1.82) is 0 Å². The molecule has 1 aromatic heterocycles. The molecule has 0 aliphatic heterocycles. The highest BCUT2D eigenvalue weighted by Gasteiger charge is 2.16. The molecule has 23 heavy (non-hydrogen) atoms. The molecule has 4 nitrogen and oxygen atoms in total. The normalized spacial score (nSPS) is 11.9. The SMILES string of the molecule is COC(=O)c1cc(Br)ncc1Nc1ccc(S(C)(C)C)cc1F. The molecule has 1 aromatic carbocycles. The van der Waals surface area contributed by atoms with Crippen LogP contribution in [0.4, 0.5) is 15.8 Å². The Balaban J connectivity index is 2.38. The van der Waals surface area contributed by atoms with Gasteiger partial charge < -0.3 is 10.1 Å². The lowest BCUT2D eigenvalue weighted by molar-refractivity contribution is 0.0601. The van der Waals surface area contributed by atoms with E-state index in [4.69, 9.17) is 4.74 Å². The summed E-state index contributed by atoms with van der Waals surface area (Å²) >= 11 is 3.21. The van der Waals surface area contributed by atoms with Crippen molar-refractivity contribution in [2.75, 3.05) is 31.2 Å². The first-order chi connectivity index (χ1) is 10.7. The molecule has 0 fully saturated rings. The van der Waals surface area contributed by atoms with Gasteiger partial charge in [-0.3, -0.25) is 0 Å². The zero-order chi connectivity index (χ0) is 17.2. The minimum Gasteiger partial charge on any atom is -0.465 e. The molecule has 0 amide bonds. The minimum absolute atomic E-state index is 0.277. The third-order valence-corrected chi connectivity index (χ3v) is 5.29. The Bertz CT molecular complexity index is 747. The number of hydrogen-bond donors (Lipinski definition) is 1. The second kappa shape index (κ2) is 6.88. The zero-order valence-electron chi connectivity index (χ0n) is 13.3. The summed E-state index contributed by atoms with van der Waals surface area (Å²) in [5, 5.41) is 2.91. The van der Waals surface area contributed by atoms with Gasteiger partial charge in [0.1, 0.15) is 10.4 Å². The van der Waals surface area contributed by atoms with Gasteiger partial charge in [-0.2, -0.15) is 0 Å². The summed E-state index contributed by atoms with van der Waals surface area (Å²) in [5.41, 5.74) is 0.945. The van der Waals surface area contributed by atoms with E-state index in [0.29, 0.717) is 10.3 Å². The van der Waals surface area contributed by atoms with Crippen LogP contribution in [0, 0.1) is 5.82 Å². The fourth-order valence-electron chi connectivity index (χ4n) is 1.93. The number of methoxy groups -OCH3 is 1. The van der Waals surface area contributed by atoms with Gasteiger partial charge in [0.15, 0.2) is 0 Å². The number of aromatic nitrogens is 1. The molecule has 0 atom stereocenters. The van der Waals surface area contributed by atoms with Gasteiger partial charge in [-0.05, 0) is 63.9 Å². The van der Waals surface area contributed by atoms with E-state index in [1.165, 1.54) is 25.4 Å². The summed E-state index contributed by atoms with van der Waals surface area (Å²) in [6.07, 6.45) is 7.76. The first-order valence-electron chi connectivity index (χ1n) is 6.71. The van der Waals surface area contributed by atoms with Crippen LogP contribution >= 0.6 is 26.0 Å². The third-order valence-electron chi connectivity index (χ3n) is 3.19. The van der Waals surface area contributed by atoms with E-state index >= 15 is 0 Å². The maximum atomic E-state index is 14.4. The average Bonchev–Trinajstić information content (AvgIpc) is 2.49. The highest BCUT2D eigenvalue weighted by molar-refractivity contribution is 9.10. The summed E-state index contributed by atoms with van der Waals surface area (Å²) in [6, 6.07) is 6.62. The van der Waals surface area contributed by atoms with Crippen molar-refractivity contribution in [2.45, 2.75) is 4.90 Å². The number of anilines is 2. The van der Waals surface area contributed by atoms with Crippen LogP contribution in [0.5, 0.6) is 0 Å². The predicted octanol–water partition coefficient (Wildman–Crippen LogP) is 4.57. The van der Waals surface area contributed by atoms with E-state index in [9.17, 15) is 9.18 Å². The van der Waals surface area contributed by atoms with Gasteiger partial charge in [0.05, 0.1) is 30.2 Å². The van der Waals surface area contributed by atoms with Crippen molar-refractivity contribution in [3.05, 3.63) is 46.4 Å². The van der Waals surface area contributed by atoms with Crippen molar-refractivity contribution in [2.24, 2.45) is 0 Å². The number of pyridine rings is 1. The van der Waals surface area contributed by atoms with Crippen LogP contribution in [-0.4, -0.2) is 36.8 Å². The van der Waals surface area contributed by atoms with Gasteiger partial charge >= 0.3 is 5.97 Å². The number of carbonyl (C=O) groups is 1. The number of nitrogens with one attached hydrogen (secondary N) is 1. The van der Waals surface area contributed by atoms with Crippen molar-refractivity contribution in [3.63, 3.8) is 0 Å². The topological polar surface area (TPSA) is 51.2 Å². The maximum Gasteiger partial charge on any atom is 0.340 e. The monoisotopic (exact) mass is 400 g/mol. The number of benzene rings is 1. The Labute approximate surface area is 144 Å². The maximum absolute atomic E-state index is 14.4. The first-order valence-corrected chi connectivity index (χ1v) is 10.4. The van der Waals surface area contributed by atoms with Crippen LogP contribution in [0.25, 0.3) is 0 Å². The molecular formula is C16H18BrFN2O2S. The van der Waals surface area contributed by atoms with Crippen molar-refractivity contribution < 1.29 is 13.9 Å². The number of hydrogen-bond acceptors (Lipinski definition) is 4. The molecule has 0 radical (unpaired) electrons. The molecule has 7 heteroatoms. The quantitative estimate of drug-likeness (QED) is 0.603. The largest absolute Gasteiger partial charge is 0.465 e. The molecule has 2 aromatic rings. The molecular weight excluding hydrogens is 383 g/mol. The molecule has 0 aliphatic carbocycles. The molecule has 0 bridgehead atoms. The highest BCUT2D eigenvalue weighted by Crippen LogP contribution is 2.45. The molecule has 0 saturated heterocycles. The molecule has 0 spiro atoms. The number of nitrogens with zero attached hydrogens (tertiary/aromatic N) is 1. The van der Waals surface area contributed by atoms with E-state index < -0.39 is 16.0 Å². The summed E-state index contributed by atoms with van der Waals surface area (Å²) in [5.74, 6) is -0.893. The molecule has 2 rings (SSSR count). The van der Waals surface area contributed by atoms with E-state index in [1.807, 2.05) is 6.07 Å². The molecule has 1 heterocycles. The van der Waals surface area contributed by atoms with Gasteiger partial charge in [0.25, 0.3) is 0 Å². The Morgan fingerprint density at radius 3 is 2.52 bits per heavy atom. The number of ether oxygens (including phenoxy) is 1. The smallest absolute Gasteiger partial charge is 0.340 e. The van der Waals surface area contributed by atoms with Gasteiger partial charge in [0, 0.05) is 0 Å². The summed E-state index contributed by atoms with van der Waals surface area (Å²) < 4.78 is 19.6. The second-order valence-electron chi connectivity index (χ2n) is 5.65. The summed E-state index contributed by atoms with van der Waals surface area (Å²) in [6.45, 7) is 0. The predicted molar refractivity (Wildman–Crippen MR) is 96.6 cm³/mol. The van der Waals surface area contributed by atoms with Crippen LogP contribution in [0.1, 0.15) is 10.4 Å². The first kappa shape index (κ1) is 17.7. The Morgan fingerprint density at radius 2 is 1.96 bits per heavy atom. The van der Waals surface area contributed by atoms with Crippen LogP contribution in [-0.2, 0) is 4.74 Å². The van der Waals surface area contributed by atoms with Crippen LogP contribution in [0.3, 0.4) is 0 Å². The van der Waals surface area contributed by atoms with E-state index in [0.717, 1.165) is 4.90 Å². The molecule has 0 unspecified atom stereocenters. The van der Waals surface area contributed by atoms with Gasteiger partial charge in [-0.25, -0.2) is 24.2 Å². The van der Waals surface area contributed by atoms with Crippen molar-refractivity contribution in [3.8, 4) is 0 Å². The number of carbonyl (C=O) groups excluding carboxylic acids is 1. The van der Waals surface area contributed by atoms with Crippen LogP contribution in [0.2, 0.25) is 0 Å². The lowest BCUT2D eigenvalue weighted by Gasteiger charge is -2.26. The van der Waals surface area contributed by atoms with E-state index in [2.05, 4.69) is 45.0 Å². The van der Waals surface area contributed by atoms with Gasteiger partial charge in [-0.15, -0.1) is 0 Å². The van der Waals surface area contributed by atoms with Crippen LogP contribution in [0.15, 0.2) is 40.0 Å². The minimum atomic E-state index is -1.01. The standard InChI is InChI=1S/C16H18BrFN2O2S/c1-22-16(21)11-8-15(17)19-9-14(11)20-13-6-5-10(7-12(13)18)23(2,3)4/h5-9,20H,1-4H3. The van der Waals surface area contributed by atoms with E-state index in [1.54, 1.807) is 6.07 Å². The lowest BCUT2D eigenvalue weighted by Crippen LogP contribution is -2.07. The number of halogens is 2. The zero-order valence-corrected chi connectivity index (χ0v) is 15.7. The van der Waals surface area contributed by atoms with Gasteiger partial charge in [-0.1, -0.05) is 0 Å². The average molecular weight is 401 g/mol. The second-order valence-corrected chi connectivity index (χ2v) is 10.6. The Morgan fingerprint density at radius 1 is 1.26 bits per heavy atom. The lowest BCUT2D eigenvalue weighted by atomic mass is 10.2. The molecule has 124 valence electrons. The Kier molecular flexibility index (Phi) is 5.31. The number of rotatable bonds is 4. The number of esters is 1. The summed E-state index contributed by atoms with van der Waals surface area (Å²) in [4.78, 5) is 16.9. The van der Waals surface area contributed by atoms with Gasteiger partial charge in [0.2, 0.25) is 0 Å². The summed E-state index contributed by atoms with van der Waals surface area (Å²) in [7, 11) is 0.287.